The molecule has 0 heterocycles. The molecule has 0 N–H and O–H groups in total. The maximum absolute atomic E-state index is 12.6. The number of hydrogen-bond donors (Lipinski definition) is 0. The summed E-state index contributed by atoms with van der Waals surface area (Å²) < 4.78 is 41.6. The van der Waals surface area contributed by atoms with Gasteiger partial charge in [-0.2, -0.15) is 0 Å². The van der Waals surface area contributed by atoms with Gasteiger partial charge in [0.25, 0.3) is 0 Å². The lowest BCUT2D eigenvalue weighted by Gasteiger charge is -2.32. The quantitative estimate of drug-likeness (QED) is 0.485. The van der Waals surface area contributed by atoms with Crippen LogP contribution in [0.2, 0.25) is 0 Å². The van der Waals surface area contributed by atoms with Crippen LogP contribution in [-0.2, 0) is 4.74 Å². The largest absolute Gasteiger partial charge is 0.528 e. The minimum absolute atomic E-state index is 0.416. The zero-order chi connectivity index (χ0) is 15.7. The molecule has 2 rings (SSSR count). The van der Waals surface area contributed by atoms with Crippen molar-refractivity contribution in [1.82, 2.24) is 0 Å². The highest BCUT2D eigenvalue weighted by atomic mass is 19.4. The smallest absolute Gasteiger partial charge is 0.261 e. The first-order valence-corrected chi connectivity index (χ1v) is 6.12. The van der Waals surface area contributed by atoms with Crippen LogP contribution >= 0.6 is 0 Å². The summed E-state index contributed by atoms with van der Waals surface area (Å²) in [5.74, 6) is -1.10. The third-order valence-electron chi connectivity index (χ3n) is 3.37. The van der Waals surface area contributed by atoms with Crippen LogP contribution in [0.5, 0.6) is 0 Å². The van der Waals surface area contributed by atoms with Gasteiger partial charge in [-0.15, -0.1) is 13.2 Å². The van der Waals surface area contributed by atoms with Gasteiger partial charge in [-0.05, 0) is 18.1 Å². The average Bonchev–Trinajstić information content (AvgIpc) is 2.40. The van der Waals surface area contributed by atoms with E-state index in [1.165, 1.54) is 13.0 Å². The summed E-state index contributed by atoms with van der Waals surface area (Å²) in [7, 11) is 0. The summed E-state index contributed by atoms with van der Waals surface area (Å²) in [5, 5.41) is 11.2. The van der Waals surface area contributed by atoms with Crippen LogP contribution in [0.15, 0.2) is 48.6 Å². The van der Waals surface area contributed by atoms with Crippen LogP contribution in [0.4, 0.5) is 13.2 Å². The van der Waals surface area contributed by atoms with Crippen molar-refractivity contribution in [3.05, 3.63) is 64.2 Å². The second-order valence-corrected chi connectivity index (χ2v) is 4.63. The summed E-state index contributed by atoms with van der Waals surface area (Å²) in [6.07, 6.45) is -1.50. The fraction of sp³-hybridized carbons (Fsp3) is 0.286. The van der Waals surface area contributed by atoms with Gasteiger partial charge in [-0.1, -0.05) is 42.5 Å². The number of nitrogens with zero attached hydrogens (tertiary/aromatic N) is 1. The average molecular weight is 299 g/mol. The van der Waals surface area contributed by atoms with E-state index in [2.05, 4.69) is 4.74 Å². The van der Waals surface area contributed by atoms with Crippen LogP contribution in [-0.4, -0.2) is 17.0 Å². The molecule has 0 spiro atoms. The SMILES string of the molecule is CC1C(c2ccccc2)=CC=CC1(OC(F)(F)F)[N+](=O)[O-]. The highest BCUT2D eigenvalue weighted by Crippen LogP contribution is 2.41. The van der Waals surface area contributed by atoms with Gasteiger partial charge < -0.3 is 0 Å². The number of halogens is 3. The van der Waals surface area contributed by atoms with E-state index < -0.39 is 22.9 Å². The Morgan fingerprint density at radius 3 is 2.43 bits per heavy atom. The highest BCUT2D eigenvalue weighted by molar-refractivity contribution is 5.71. The fourth-order valence-corrected chi connectivity index (χ4v) is 2.34. The lowest BCUT2D eigenvalue weighted by atomic mass is 9.82. The summed E-state index contributed by atoms with van der Waals surface area (Å²) in [4.78, 5) is 10.2. The van der Waals surface area contributed by atoms with Crippen LogP contribution in [0.25, 0.3) is 5.57 Å². The molecule has 7 heteroatoms. The molecule has 1 aromatic rings. The van der Waals surface area contributed by atoms with Crippen molar-refractivity contribution >= 4 is 5.57 Å². The van der Waals surface area contributed by atoms with E-state index in [9.17, 15) is 23.3 Å². The van der Waals surface area contributed by atoms with Crippen LogP contribution in [0.1, 0.15) is 12.5 Å². The number of hydrogen-bond acceptors (Lipinski definition) is 3. The summed E-state index contributed by atoms with van der Waals surface area (Å²) in [5.41, 5.74) is -1.62. The Hall–Kier alpha value is -2.15. The zero-order valence-corrected chi connectivity index (χ0v) is 11.0. The minimum Gasteiger partial charge on any atom is -0.261 e. The molecule has 0 saturated heterocycles. The molecule has 4 nitrogen and oxygen atoms in total. The van der Waals surface area contributed by atoms with Gasteiger partial charge in [0, 0.05) is 6.08 Å². The van der Waals surface area contributed by atoms with Crippen LogP contribution in [0.3, 0.4) is 0 Å². The number of alkyl halides is 3. The molecule has 0 fully saturated rings. The fourth-order valence-electron chi connectivity index (χ4n) is 2.34. The molecule has 112 valence electrons. The number of allylic oxidation sites excluding steroid dienone is 2. The number of rotatable bonds is 3. The molecule has 1 aliphatic carbocycles. The third kappa shape index (κ3) is 2.97. The van der Waals surface area contributed by atoms with Crippen molar-refractivity contribution in [2.45, 2.75) is 19.0 Å². The number of nitro groups is 1. The maximum Gasteiger partial charge on any atom is 0.528 e. The van der Waals surface area contributed by atoms with Gasteiger partial charge in [0.1, 0.15) is 0 Å². The molecule has 0 radical (unpaired) electrons. The van der Waals surface area contributed by atoms with Crippen molar-refractivity contribution in [3.63, 3.8) is 0 Å². The first-order chi connectivity index (χ1) is 9.76. The summed E-state index contributed by atoms with van der Waals surface area (Å²) >= 11 is 0. The first kappa shape index (κ1) is 15.2. The number of ether oxygens (including phenoxy) is 1. The molecule has 2 atom stereocenters. The Kier molecular flexibility index (Phi) is 3.87. The second-order valence-electron chi connectivity index (χ2n) is 4.63. The van der Waals surface area contributed by atoms with E-state index in [1.807, 2.05) is 0 Å². The van der Waals surface area contributed by atoms with E-state index in [-0.39, 0.29) is 0 Å². The molecule has 0 amide bonds. The van der Waals surface area contributed by atoms with E-state index in [4.69, 9.17) is 0 Å². The molecule has 0 aromatic heterocycles. The molecule has 1 aliphatic rings. The number of benzene rings is 1. The van der Waals surface area contributed by atoms with Crippen LogP contribution < -0.4 is 0 Å². The van der Waals surface area contributed by atoms with E-state index in [0.29, 0.717) is 11.1 Å². The molecule has 0 bridgehead atoms. The van der Waals surface area contributed by atoms with Crippen molar-refractivity contribution in [3.8, 4) is 0 Å². The van der Waals surface area contributed by atoms with Crippen molar-refractivity contribution in [2.24, 2.45) is 5.92 Å². The van der Waals surface area contributed by atoms with E-state index in [0.717, 1.165) is 6.08 Å². The lowest BCUT2D eigenvalue weighted by Crippen LogP contribution is -2.50. The zero-order valence-electron chi connectivity index (χ0n) is 11.0. The predicted molar refractivity (Wildman–Crippen MR) is 69.6 cm³/mol. The normalized spacial score (nSPS) is 25.5. The van der Waals surface area contributed by atoms with Crippen molar-refractivity contribution in [2.75, 3.05) is 0 Å². The standard InChI is InChI=1S/C14H12F3NO3/c1-10-12(11-6-3-2-4-7-11)8-5-9-13(10,18(19)20)21-14(15,16)17/h2-10H,1H3. The minimum atomic E-state index is -5.11. The van der Waals surface area contributed by atoms with Crippen molar-refractivity contribution < 1.29 is 22.8 Å². The summed E-state index contributed by atoms with van der Waals surface area (Å²) in [6.45, 7) is 1.34. The van der Waals surface area contributed by atoms with Gasteiger partial charge in [0.2, 0.25) is 0 Å². The second kappa shape index (κ2) is 5.33. The van der Waals surface area contributed by atoms with Gasteiger partial charge in [-0.3, -0.25) is 10.1 Å². The Morgan fingerprint density at radius 2 is 1.90 bits per heavy atom. The monoisotopic (exact) mass is 299 g/mol. The Bertz CT molecular complexity index is 595. The lowest BCUT2D eigenvalue weighted by molar-refractivity contribution is -0.649. The van der Waals surface area contributed by atoms with Gasteiger partial charge in [0.15, 0.2) is 0 Å². The molecule has 2 unspecified atom stereocenters. The van der Waals surface area contributed by atoms with Crippen LogP contribution in [0, 0.1) is 16.0 Å². The Labute approximate surface area is 118 Å². The Morgan fingerprint density at radius 1 is 1.29 bits per heavy atom. The molecular formula is C14H12F3NO3. The maximum atomic E-state index is 12.6. The summed E-state index contributed by atoms with van der Waals surface area (Å²) in [6, 6.07) is 8.53. The third-order valence-corrected chi connectivity index (χ3v) is 3.37. The van der Waals surface area contributed by atoms with Gasteiger partial charge >= 0.3 is 12.1 Å². The van der Waals surface area contributed by atoms with E-state index >= 15 is 0 Å². The predicted octanol–water partition coefficient (Wildman–Crippen LogP) is 3.79. The first-order valence-electron chi connectivity index (χ1n) is 6.12. The van der Waals surface area contributed by atoms with E-state index in [1.54, 1.807) is 36.4 Å². The molecule has 21 heavy (non-hydrogen) atoms. The highest BCUT2D eigenvalue weighted by Gasteiger charge is 2.57. The van der Waals surface area contributed by atoms with Crippen molar-refractivity contribution in [1.29, 1.82) is 0 Å². The topological polar surface area (TPSA) is 52.4 Å². The van der Waals surface area contributed by atoms with Gasteiger partial charge in [-0.25, -0.2) is 4.74 Å². The molecule has 0 saturated carbocycles. The molecule has 1 aromatic carbocycles. The molecular weight excluding hydrogens is 287 g/mol. The Balaban J connectivity index is 2.45. The van der Waals surface area contributed by atoms with Gasteiger partial charge in [0.05, 0.1) is 10.8 Å². The molecule has 0 aliphatic heterocycles.